The molecule has 23 heavy (non-hydrogen) atoms. The van der Waals surface area contributed by atoms with Gasteiger partial charge in [0.1, 0.15) is 16.4 Å². The number of amides is 1. The number of carbonyl (C=O) groups is 1. The molecule has 1 aromatic carbocycles. The van der Waals surface area contributed by atoms with Gasteiger partial charge in [0.25, 0.3) is 5.69 Å². The highest BCUT2D eigenvalue weighted by Crippen LogP contribution is 2.30. The minimum atomic E-state index is -0.839. The van der Waals surface area contributed by atoms with E-state index < -0.39 is 16.6 Å². The molecule has 0 saturated heterocycles. The Labute approximate surface area is 136 Å². The van der Waals surface area contributed by atoms with Crippen LogP contribution in [0.1, 0.15) is 18.9 Å². The Balaban J connectivity index is 2.02. The van der Waals surface area contributed by atoms with Gasteiger partial charge >= 0.3 is 6.09 Å². The predicted molar refractivity (Wildman–Crippen MR) is 83.7 cm³/mol. The fraction of sp³-hybridized carbons (Fsp3) is 0.286. The fourth-order valence-corrected chi connectivity index (χ4v) is 2.85. The van der Waals surface area contributed by atoms with Crippen molar-refractivity contribution in [3.05, 3.63) is 45.6 Å². The second-order valence-electron chi connectivity index (χ2n) is 5.28. The van der Waals surface area contributed by atoms with Crippen LogP contribution in [0.25, 0.3) is 0 Å². The van der Waals surface area contributed by atoms with Gasteiger partial charge in [0.15, 0.2) is 0 Å². The quantitative estimate of drug-likeness (QED) is 0.638. The van der Waals surface area contributed by atoms with Gasteiger partial charge in [-0.05, 0) is 26.0 Å². The summed E-state index contributed by atoms with van der Waals surface area (Å²) in [6, 6.07) is 5.75. The van der Waals surface area contributed by atoms with Gasteiger partial charge in [-0.1, -0.05) is 11.3 Å². The van der Waals surface area contributed by atoms with Gasteiger partial charge in [-0.3, -0.25) is 10.1 Å². The van der Waals surface area contributed by atoms with Gasteiger partial charge in [-0.25, -0.2) is 9.78 Å². The summed E-state index contributed by atoms with van der Waals surface area (Å²) in [5.41, 5.74) is 4.25. The number of ether oxygens (including phenoxy) is 2. The molecule has 1 heterocycles. The number of hydrogen-bond acceptors (Lipinski definition) is 7. The lowest BCUT2D eigenvalue weighted by Gasteiger charge is -2.22. The number of benzene rings is 1. The Morgan fingerprint density at radius 1 is 1.39 bits per heavy atom. The Bertz CT molecular complexity index is 711. The lowest BCUT2D eigenvalue weighted by Crippen LogP contribution is -2.33. The third kappa shape index (κ3) is 4.92. The van der Waals surface area contributed by atoms with E-state index in [1.54, 1.807) is 20.0 Å². The minimum absolute atomic E-state index is 0.00677. The molecular formula is C14H15N3O5S. The molecule has 0 fully saturated rings. The van der Waals surface area contributed by atoms with E-state index in [1.165, 1.54) is 35.6 Å². The summed E-state index contributed by atoms with van der Waals surface area (Å²) in [5.74, 6) is 0.471. The molecule has 2 rings (SSSR count). The van der Waals surface area contributed by atoms with Crippen molar-refractivity contribution in [1.82, 2.24) is 4.98 Å². The predicted octanol–water partition coefficient (Wildman–Crippen LogP) is 3.26. The van der Waals surface area contributed by atoms with Crippen molar-refractivity contribution in [2.75, 3.05) is 0 Å². The van der Waals surface area contributed by atoms with E-state index in [-0.39, 0.29) is 5.69 Å². The van der Waals surface area contributed by atoms with E-state index in [0.717, 1.165) is 0 Å². The second-order valence-corrected chi connectivity index (χ2v) is 6.36. The summed E-state index contributed by atoms with van der Waals surface area (Å²) >= 11 is 1.29. The highest BCUT2D eigenvalue weighted by molar-refractivity contribution is 7.13. The van der Waals surface area contributed by atoms with Crippen LogP contribution in [0, 0.1) is 10.1 Å². The number of nitrogens with two attached hydrogens (primary N) is 1. The molecule has 0 aliphatic carbocycles. The summed E-state index contributed by atoms with van der Waals surface area (Å²) in [6.07, 6.45) is 1.10. The van der Waals surface area contributed by atoms with Crippen LogP contribution < -0.4 is 10.5 Å². The van der Waals surface area contributed by atoms with Crippen molar-refractivity contribution in [2.24, 2.45) is 5.73 Å². The molecule has 0 saturated carbocycles. The van der Waals surface area contributed by atoms with Crippen molar-refractivity contribution in [1.29, 1.82) is 0 Å². The molecule has 0 bridgehead atoms. The third-order valence-corrected chi connectivity index (χ3v) is 3.63. The van der Waals surface area contributed by atoms with E-state index in [2.05, 4.69) is 4.98 Å². The summed E-state index contributed by atoms with van der Waals surface area (Å²) in [5, 5.41) is 11.8. The summed E-state index contributed by atoms with van der Waals surface area (Å²) in [7, 11) is 0. The standard InChI is InChI=1S/C14H15N3O5S/c1-14(2,22-13(15)18)7-11-16-8-12(23-11)21-10-5-3-9(4-6-10)17(19)20/h3-6,8H,7H2,1-2H3,(H2,15,18). The molecule has 2 N–H and O–H groups in total. The zero-order valence-corrected chi connectivity index (χ0v) is 13.3. The number of carbonyl (C=O) groups excluding carboxylic acids is 1. The first-order valence-electron chi connectivity index (χ1n) is 6.61. The van der Waals surface area contributed by atoms with Crippen LogP contribution in [0.15, 0.2) is 30.5 Å². The maximum Gasteiger partial charge on any atom is 0.405 e. The molecular weight excluding hydrogens is 322 g/mol. The van der Waals surface area contributed by atoms with Crippen molar-refractivity contribution < 1.29 is 19.2 Å². The molecule has 0 unspecified atom stereocenters. The molecule has 0 atom stereocenters. The molecule has 1 aromatic heterocycles. The average Bonchev–Trinajstić information content (AvgIpc) is 2.84. The van der Waals surface area contributed by atoms with E-state index in [0.29, 0.717) is 22.2 Å². The molecule has 1 amide bonds. The highest BCUT2D eigenvalue weighted by atomic mass is 32.1. The molecule has 0 spiro atoms. The Morgan fingerprint density at radius 3 is 2.61 bits per heavy atom. The van der Waals surface area contributed by atoms with Crippen molar-refractivity contribution >= 4 is 23.1 Å². The van der Waals surface area contributed by atoms with Crippen LogP contribution in [0.4, 0.5) is 10.5 Å². The molecule has 0 aliphatic rings. The first-order valence-corrected chi connectivity index (χ1v) is 7.42. The average molecular weight is 337 g/mol. The van der Waals surface area contributed by atoms with Crippen LogP contribution in [-0.4, -0.2) is 21.6 Å². The maximum absolute atomic E-state index is 10.8. The number of nitro groups is 1. The molecule has 0 radical (unpaired) electrons. The van der Waals surface area contributed by atoms with E-state index >= 15 is 0 Å². The number of thiazole rings is 1. The monoisotopic (exact) mass is 337 g/mol. The molecule has 122 valence electrons. The first-order chi connectivity index (χ1) is 10.7. The molecule has 0 aliphatic heterocycles. The summed E-state index contributed by atoms with van der Waals surface area (Å²) in [6.45, 7) is 3.46. The zero-order chi connectivity index (χ0) is 17.0. The van der Waals surface area contributed by atoms with Gasteiger partial charge in [0.2, 0.25) is 5.06 Å². The van der Waals surface area contributed by atoms with Crippen LogP contribution >= 0.6 is 11.3 Å². The molecule has 2 aromatic rings. The van der Waals surface area contributed by atoms with E-state index in [9.17, 15) is 14.9 Å². The van der Waals surface area contributed by atoms with Gasteiger partial charge in [0, 0.05) is 18.6 Å². The largest absolute Gasteiger partial charge is 0.445 e. The SMILES string of the molecule is CC(C)(Cc1ncc(Oc2ccc([N+](=O)[O-])cc2)s1)OC(N)=O. The van der Waals surface area contributed by atoms with Crippen molar-refractivity contribution in [3.8, 4) is 10.8 Å². The van der Waals surface area contributed by atoms with Crippen LogP contribution in [-0.2, 0) is 11.2 Å². The van der Waals surface area contributed by atoms with Gasteiger partial charge in [0.05, 0.1) is 11.1 Å². The van der Waals surface area contributed by atoms with Crippen LogP contribution in [0.5, 0.6) is 10.8 Å². The second kappa shape index (κ2) is 6.61. The summed E-state index contributed by atoms with van der Waals surface area (Å²) in [4.78, 5) is 25.2. The van der Waals surface area contributed by atoms with Gasteiger partial charge < -0.3 is 15.2 Å². The normalized spacial score (nSPS) is 11.0. The van der Waals surface area contributed by atoms with Crippen LogP contribution in [0.2, 0.25) is 0 Å². The minimum Gasteiger partial charge on any atom is -0.445 e. The Kier molecular flexibility index (Phi) is 4.80. The maximum atomic E-state index is 10.8. The zero-order valence-electron chi connectivity index (χ0n) is 12.5. The molecule has 8 nitrogen and oxygen atoms in total. The lowest BCUT2D eigenvalue weighted by atomic mass is 10.1. The first kappa shape index (κ1) is 16.7. The topological polar surface area (TPSA) is 118 Å². The number of aromatic nitrogens is 1. The van der Waals surface area contributed by atoms with E-state index in [1.807, 2.05) is 0 Å². The number of hydrogen-bond donors (Lipinski definition) is 1. The molecule has 9 heteroatoms. The summed E-state index contributed by atoms with van der Waals surface area (Å²) < 4.78 is 10.6. The smallest absolute Gasteiger partial charge is 0.405 e. The highest BCUT2D eigenvalue weighted by Gasteiger charge is 2.24. The number of nitrogens with zero attached hydrogens (tertiary/aromatic N) is 2. The Hall–Kier alpha value is -2.68. The van der Waals surface area contributed by atoms with Gasteiger partial charge in [-0.2, -0.15) is 0 Å². The van der Waals surface area contributed by atoms with Crippen molar-refractivity contribution in [2.45, 2.75) is 25.9 Å². The number of rotatable bonds is 6. The van der Waals surface area contributed by atoms with Crippen molar-refractivity contribution in [3.63, 3.8) is 0 Å². The lowest BCUT2D eigenvalue weighted by molar-refractivity contribution is -0.384. The number of non-ortho nitro benzene ring substituents is 1. The van der Waals surface area contributed by atoms with E-state index in [4.69, 9.17) is 15.2 Å². The fourth-order valence-electron chi connectivity index (χ4n) is 1.85. The Morgan fingerprint density at radius 2 is 2.04 bits per heavy atom. The third-order valence-electron chi connectivity index (χ3n) is 2.75. The van der Waals surface area contributed by atoms with Gasteiger partial charge in [-0.15, -0.1) is 0 Å². The number of primary amides is 1. The van der Waals surface area contributed by atoms with Crippen LogP contribution in [0.3, 0.4) is 0 Å². The number of nitro benzene ring substituents is 1.